The summed E-state index contributed by atoms with van der Waals surface area (Å²) >= 11 is 0. The van der Waals surface area contributed by atoms with Crippen LogP contribution in [-0.2, 0) is 22.6 Å². The molecule has 7 nitrogen and oxygen atoms in total. The van der Waals surface area contributed by atoms with Crippen molar-refractivity contribution in [2.75, 3.05) is 20.6 Å². The number of benzene rings is 2. The topological polar surface area (TPSA) is 73.0 Å². The lowest BCUT2D eigenvalue weighted by Gasteiger charge is -2.48. The average Bonchev–Trinajstić information content (AvgIpc) is 2.99. The molecule has 42 heavy (non-hydrogen) atoms. The second-order valence-electron chi connectivity index (χ2n) is 11.4. The second-order valence-corrected chi connectivity index (χ2v) is 11.4. The molecule has 1 heterocycles. The summed E-state index contributed by atoms with van der Waals surface area (Å²) in [7, 11) is 3.29. The maximum atomic E-state index is 13.7. The number of piperazine rings is 1. The Morgan fingerprint density at radius 2 is 1.71 bits per heavy atom. The highest BCUT2D eigenvalue weighted by molar-refractivity contribution is 5.99. The van der Waals surface area contributed by atoms with Gasteiger partial charge in [0.15, 0.2) is 0 Å². The van der Waals surface area contributed by atoms with Crippen molar-refractivity contribution in [3.63, 3.8) is 0 Å². The molecule has 0 radical (unpaired) electrons. The Balaban J connectivity index is 0.00000645. The summed E-state index contributed by atoms with van der Waals surface area (Å²) in [6.45, 7) is 6.81. The molecular formula is C35H50N4O3. The molecule has 0 saturated carbocycles. The molecule has 0 bridgehead atoms. The van der Waals surface area contributed by atoms with Gasteiger partial charge in [-0.3, -0.25) is 9.59 Å². The van der Waals surface area contributed by atoms with Crippen LogP contribution in [0.4, 0.5) is 4.79 Å². The highest BCUT2D eigenvalue weighted by atomic mass is 16.2. The number of hydrogen-bond acceptors (Lipinski definition) is 3. The number of carbonyl (C=O) groups is 3. The lowest BCUT2D eigenvalue weighted by Crippen LogP contribution is -2.69. The molecule has 1 aliphatic rings. The number of terminal acetylenes is 1. The summed E-state index contributed by atoms with van der Waals surface area (Å²) in [5, 5.41) is 2.58. The zero-order valence-corrected chi connectivity index (χ0v) is 25.7. The number of nitrogens with zero attached hydrogens (tertiary/aromatic N) is 3. The Kier molecular flexibility index (Phi) is 11.6. The third-order valence-corrected chi connectivity index (χ3v) is 7.98. The van der Waals surface area contributed by atoms with Crippen LogP contribution in [0.15, 0.2) is 48.5 Å². The highest BCUT2D eigenvalue weighted by Gasteiger charge is 2.49. The fourth-order valence-electron chi connectivity index (χ4n) is 5.46. The van der Waals surface area contributed by atoms with Crippen molar-refractivity contribution >= 4 is 17.8 Å². The van der Waals surface area contributed by atoms with Gasteiger partial charge in [0.05, 0.1) is 6.54 Å². The van der Waals surface area contributed by atoms with Crippen LogP contribution in [0.1, 0.15) is 74.7 Å². The van der Waals surface area contributed by atoms with E-state index < -0.39 is 11.6 Å². The van der Waals surface area contributed by atoms with E-state index >= 15 is 0 Å². The molecule has 1 saturated heterocycles. The lowest BCUT2D eigenvalue weighted by atomic mass is 9.90. The zero-order chi connectivity index (χ0) is 30.7. The van der Waals surface area contributed by atoms with Gasteiger partial charge >= 0.3 is 6.03 Å². The van der Waals surface area contributed by atoms with Gasteiger partial charge in [-0.2, -0.15) is 0 Å². The summed E-state index contributed by atoms with van der Waals surface area (Å²) in [4.78, 5) is 44.0. The third kappa shape index (κ3) is 7.95. The van der Waals surface area contributed by atoms with E-state index in [1.165, 1.54) is 24.2 Å². The number of urea groups is 1. The minimum Gasteiger partial charge on any atom is -0.340 e. The smallest absolute Gasteiger partial charge is 0.329 e. The Morgan fingerprint density at radius 1 is 1.02 bits per heavy atom. The molecule has 3 rings (SSSR count). The van der Waals surface area contributed by atoms with Crippen molar-refractivity contribution in [1.29, 1.82) is 0 Å². The molecule has 7 heteroatoms. The number of carbonyl (C=O) groups excluding carboxylic acids is 3. The van der Waals surface area contributed by atoms with Crippen LogP contribution < -0.4 is 5.32 Å². The molecule has 1 fully saturated rings. The van der Waals surface area contributed by atoms with Crippen molar-refractivity contribution in [2.45, 2.75) is 83.8 Å². The summed E-state index contributed by atoms with van der Waals surface area (Å²) in [5.74, 6) is 4.73. The second kappa shape index (κ2) is 15.1. The standard InChI is InChI=1S/C35H44N4O3.3H2/c1-7-9-11-12-13-14-23-39-32(40)31(37(6)33(41)35(39,3)4)25-27-18-20-29(21-19-27)30-17-15-16-28(24-30)26-38(22-10-8-2)34(42)36-5;;;/h2,15-21,24,31H,7,9,11-14,23,25-26H2,1,3-6H3,(H,36,42);3*1H. The van der Waals surface area contributed by atoms with E-state index in [9.17, 15) is 14.4 Å². The first kappa shape index (κ1) is 32.3. The van der Waals surface area contributed by atoms with Crippen molar-refractivity contribution < 1.29 is 18.7 Å². The number of likely N-dealkylation sites (N-methyl/N-ethyl adjacent to an activating group) is 1. The predicted octanol–water partition coefficient (Wildman–Crippen LogP) is 6.18. The maximum Gasteiger partial charge on any atom is 0.329 e. The van der Waals surface area contributed by atoms with E-state index in [1.54, 1.807) is 23.9 Å². The van der Waals surface area contributed by atoms with E-state index in [2.05, 4.69) is 30.1 Å². The fraction of sp³-hybridized carbons (Fsp3) is 0.457. The quantitative estimate of drug-likeness (QED) is 0.187. The summed E-state index contributed by atoms with van der Waals surface area (Å²) < 4.78 is 0. The normalized spacial score (nSPS) is 16.0. The zero-order valence-electron chi connectivity index (χ0n) is 25.7. The number of hydrogen-bond donors (Lipinski definition) is 1. The van der Waals surface area contributed by atoms with E-state index in [4.69, 9.17) is 6.42 Å². The fourth-order valence-corrected chi connectivity index (χ4v) is 5.46. The van der Waals surface area contributed by atoms with E-state index in [0.717, 1.165) is 41.5 Å². The van der Waals surface area contributed by atoms with Crippen molar-refractivity contribution in [1.82, 2.24) is 20.0 Å². The first-order valence-electron chi connectivity index (χ1n) is 14.9. The van der Waals surface area contributed by atoms with E-state index in [1.807, 2.05) is 62.4 Å². The minimum atomic E-state index is -0.847. The van der Waals surface area contributed by atoms with Crippen LogP contribution in [-0.4, -0.2) is 64.8 Å². The van der Waals surface area contributed by atoms with Crippen molar-refractivity contribution in [3.8, 4) is 35.4 Å². The van der Waals surface area contributed by atoms with Gasteiger partial charge in [0, 0.05) is 43.3 Å². The van der Waals surface area contributed by atoms with Crippen molar-refractivity contribution in [2.24, 2.45) is 0 Å². The largest absolute Gasteiger partial charge is 0.340 e. The molecule has 0 aromatic heterocycles. The molecule has 0 aliphatic carbocycles. The predicted molar refractivity (Wildman–Crippen MR) is 174 cm³/mol. The van der Waals surface area contributed by atoms with Crippen LogP contribution in [0.2, 0.25) is 0 Å². The van der Waals surface area contributed by atoms with Crippen LogP contribution in [0, 0.1) is 24.3 Å². The van der Waals surface area contributed by atoms with Gasteiger partial charge in [-0.05, 0) is 54.5 Å². The number of rotatable bonds is 12. The van der Waals surface area contributed by atoms with Gasteiger partial charge in [-0.15, -0.1) is 6.42 Å². The molecule has 2 aromatic rings. The number of unbranched alkanes of at least 4 members (excludes halogenated alkanes) is 5. The average molecular weight is 575 g/mol. The van der Waals surface area contributed by atoms with Crippen LogP contribution in [0.25, 0.3) is 11.1 Å². The maximum absolute atomic E-state index is 13.7. The molecule has 1 atom stereocenters. The van der Waals surface area contributed by atoms with Crippen LogP contribution in [0.5, 0.6) is 0 Å². The monoisotopic (exact) mass is 574 g/mol. The van der Waals surface area contributed by atoms with Gasteiger partial charge in [0.1, 0.15) is 11.6 Å². The summed E-state index contributed by atoms with van der Waals surface area (Å²) in [6.07, 6.45) is 12.5. The van der Waals surface area contributed by atoms with Gasteiger partial charge in [-0.25, -0.2) is 9.69 Å². The third-order valence-electron chi connectivity index (χ3n) is 7.98. The number of nitrogens with one attached hydrogen (secondary N) is 1. The van der Waals surface area contributed by atoms with E-state index in [-0.39, 0.29) is 28.7 Å². The first-order valence-corrected chi connectivity index (χ1v) is 14.9. The van der Waals surface area contributed by atoms with Crippen LogP contribution in [0.3, 0.4) is 0 Å². The molecule has 4 amide bonds. The summed E-state index contributed by atoms with van der Waals surface area (Å²) in [6, 6.07) is 17.8. The Morgan fingerprint density at radius 3 is 2.38 bits per heavy atom. The minimum absolute atomic E-state index is 0. The molecule has 1 aliphatic heterocycles. The Labute approximate surface area is 256 Å². The summed E-state index contributed by atoms with van der Waals surface area (Å²) in [5.41, 5.74) is 3.05. The molecule has 228 valence electrons. The van der Waals surface area contributed by atoms with Crippen LogP contribution >= 0.6 is 0 Å². The molecule has 1 unspecified atom stereocenters. The van der Waals surface area contributed by atoms with E-state index in [0.29, 0.717) is 13.0 Å². The van der Waals surface area contributed by atoms with Crippen molar-refractivity contribution in [3.05, 3.63) is 59.7 Å². The Hall–Kier alpha value is -4.23. The molecule has 1 N–H and O–H groups in total. The Bertz CT molecular complexity index is 1360. The first-order chi connectivity index (χ1) is 20.1. The molecular weight excluding hydrogens is 524 g/mol. The SMILES string of the molecule is C#CC#CN(Cc1cccc(-c2ccc(CC3C(=O)N(CCCCCCCC)C(C)(C)C(=O)N3C)cc2)c1)C(=O)NC.[HH].[HH].[HH]. The molecule has 0 spiro atoms. The van der Waals surface area contributed by atoms with Gasteiger partial charge in [-0.1, -0.05) is 81.5 Å². The highest BCUT2D eigenvalue weighted by Crippen LogP contribution is 2.29. The van der Waals surface area contributed by atoms with Gasteiger partial charge < -0.3 is 15.1 Å². The molecule has 2 aromatic carbocycles. The number of amides is 4. The lowest BCUT2D eigenvalue weighted by molar-refractivity contribution is -0.166. The van der Waals surface area contributed by atoms with Gasteiger partial charge in [0.2, 0.25) is 11.8 Å². The van der Waals surface area contributed by atoms with Gasteiger partial charge in [0.25, 0.3) is 0 Å².